The van der Waals surface area contributed by atoms with Crippen molar-refractivity contribution >= 4 is 17.5 Å². The molecule has 0 saturated carbocycles. The predicted octanol–water partition coefficient (Wildman–Crippen LogP) is 0.954. The molecule has 0 radical (unpaired) electrons. The smallest absolute Gasteiger partial charge is 0.236 e. The lowest BCUT2D eigenvalue weighted by molar-refractivity contribution is -0.131. The van der Waals surface area contributed by atoms with Crippen molar-refractivity contribution in [3.05, 3.63) is 11.9 Å². The lowest BCUT2D eigenvalue weighted by Gasteiger charge is -2.42. The Labute approximate surface area is 130 Å². The third kappa shape index (κ3) is 3.11. The summed E-state index contributed by atoms with van der Waals surface area (Å²) in [5.74, 6) is 1.58. The summed E-state index contributed by atoms with van der Waals surface area (Å²) in [6, 6.07) is 2.07. The van der Waals surface area contributed by atoms with Crippen molar-refractivity contribution in [3.8, 4) is 6.07 Å². The Balaban J connectivity index is 2.20. The number of piperidine rings is 1. The van der Waals surface area contributed by atoms with E-state index >= 15 is 0 Å². The van der Waals surface area contributed by atoms with Crippen molar-refractivity contribution in [2.24, 2.45) is 5.92 Å². The van der Waals surface area contributed by atoms with Crippen LogP contribution in [0.2, 0.25) is 0 Å². The SMILES string of the molecule is Cc1c(N)ncnc1N(C)[C@H]1CN(C(=O)CC#N)CC[C@H]1C. The number of nitrogen functional groups attached to an aromatic ring is 1. The van der Waals surface area contributed by atoms with Crippen LogP contribution in [0.3, 0.4) is 0 Å². The first-order valence-electron chi connectivity index (χ1n) is 7.40. The highest BCUT2D eigenvalue weighted by Crippen LogP contribution is 2.27. The van der Waals surface area contributed by atoms with E-state index < -0.39 is 0 Å². The van der Waals surface area contributed by atoms with E-state index in [1.165, 1.54) is 6.33 Å². The van der Waals surface area contributed by atoms with Gasteiger partial charge in [0.05, 0.1) is 12.1 Å². The molecule has 0 unspecified atom stereocenters. The molecule has 1 aromatic rings. The van der Waals surface area contributed by atoms with Gasteiger partial charge in [0.1, 0.15) is 24.4 Å². The number of rotatable bonds is 3. The molecule has 2 heterocycles. The number of hydrogen-bond acceptors (Lipinski definition) is 6. The second-order valence-electron chi connectivity index (χ2n) is 5.83. The van der Waals surface area contributed by atoms with Gasteiger partial charge in [-0.2, -0.15) is 5.26 Å². The van der Waals surface area contributed by atoms with E-state index in [1.54, 1.807) is 4.90 Å². The van der Waals surface area contributed by atoms with Crippen LogP contribution in [-0.2, 0) is 4.79 Å². The van der Waals surface area contributed by atoms with Gasteiger partial charge in [-0.1, -0.05) is 6.92 Å². The second-order valence-corrected chi connectivity index (χ2v) is 5.83. The van der Waals surface area contributed by atoms with Crippen LogP contribution < -0.4 is 10.6 Å². The van der Waals surface area contributed by atoms with Gasteiger partial charge in [0.2, 0.25) is 5.91 Å². The van der Waals surface area contributed by atoms with Gasteiger partial charge in [-0.25, -0.2) is 9.97 Å². The maximum absolute atomic E-state index is 12.0. The summed E-state index contributed by atoms with van der Waals surface area (Å²) in [4.78, 5) is 24.1. The fraction of sp³-hybridized carbons (Fsp3) is 0.600. The number of anilines is 2. The number of likely N-dealkylation sites (N-methyl/N-ethyl adjacent to an activating group) is 1. The van der Waals surface area contributed by atoms with Gasteiger partial charge in [-0.05, 0) is 19.3 Å². The number of amides is 1. The molecule has 0 bridgehead atoms. The number of nitrogens with two attached hydrogens (primary N) is 1. The van der Waals surface area contributed by atoms with Crippen molar-refractivity contribution in [1.82, 2.24) is 14.9 Å². The summed E-state index contributed by atoms with van der Waals surface area (Å²) in [6.07, 6.45) is 2.30. The normalized spacial score (nSPS) is 21.3. The van der Waals surface area contributed by atoms with Gasteiger partial charge in [-0.15, -0.1) is 0 Å². The maximum Gasteiger partial charge on any atom is 0.236 e. The molecule has 2 rings (SSSR count). The Kier molecular flexibility index (Phi) is 4.81. The maximum atomic E-state index is 12.0. The average Bonchev–Trinajstić information content (AvgIpc) is 2.50. The molecule has 0 aliphatic carbocycles. The number of hydrogen-bond donors (Lipinski definition) is 1. The molecule has 2 atom stereocenters. The molecular weight excluding hydrogens is 280 g/mol. The summed E-state index contributed by atoms with van der Waals surface area (Å²) in [5.41, 5.74) is 6.70. The summed E-state index contributed by atoms with van der Waals surface area (Å²) in [7, 11) is 1.97. The number of carbonyl (C=O) groups is 1. The monoisotopic (exact) mass is 302 g/mol. The second kappa shape index (κ2) is 6.60. The van der Waals surface area contributed by atoms with Crippen molar-refractivity contribution in [2.45, 2.75) is 32.7 Å². The number of aromatic nitrogens is 2. The Bertz CT molecular complexity index is 596. The van der Waals surface area contributed by atoms with Gasteiger partial charge in [0.25, 0.3) is 0 Å². The molecule has 1 saturated heterocycles. The predicted molar refractivity (Wildman–Crippen MR) is 84.0 cm³/mol. The van der Waals surface area contributed by atoms with Crippen LogP contribution in [0.5, 0.6) is 0 Å². The van der Waals surface area contributed by atoms with Gasteiger partial charge >= 0.3 is 0 Å². The highest BCUT2D eigenvalue weighted by molar-refractivity contribution is 5.78. The lowest BCUT2D eigenvalue weighted by Crippen LogP contribution is -2.53. The van der Waals surface area contributed by atoms with Crippen LogP contribution in [0.25, 0.3) is 0 Å². The largest absolute Gasteiger partial charge is 0.383 e. The Morgan fingerprint density at radius 3 is 3.00 bits per heavy atom. The Hall–Kier alpha value is -2.36. The number of likely N-dealkylation sites (tertiary alicyclic amines) is 1. The molecular formula is C15H22N6O. The first-order valence-corrected chi connectivity index (χ1v) is 7.40. The van der Waals surface area contributed by atoms with Crippen LogP contribution in [0.15, 0.2) is 6.33 Å². The van der Waals surface area contributed by atoms with Gasteiger partial charge < -0.3 is 15.5 Å². The fourth-order valence-corrected chi connectivity index (χ4v) is 2.93. The average molecular weight is 302 g/mol. The molecule has 1 aliphatic rings. The zero-order valence-corrected chi connectivity index (χ0v) is 13.3. The van der Waals surface area contributed by atoms with Crippen LogP contribution in [-0.4, -0.2) is 47.0 Å². The number of nitrogens with zero attached hydrogens (tertiary/aromatic N) is 5. The summed E-state index contributed by atoms with van der Waals surface area (Å²) >= 11 is 0. The molecule has 0 spiro atoms. The highest BCUT2D eigenvalue weighted by Gasteiger charge is 2.32. The summed E-state index contributed by atoms with van der Waals surface area (Å²) < 4.78 is 0. The Morgan fingerprint density at radius 1 is 1.59 bits per heavy atom. The van der Waals surface area contributed by atoms with E-state index in [-0.39, 0.29) is 18.4 Å². The molecule has 1 fully saturated rings. The van der Waals surface area contributed by atoms with E-state index in [4.69, 9.17) is 11.0 Å². The van der Waals surface area contributed by atoms with Crippen molar-refractivity contribution < 1.29 is 4.79 Å². The molecule has 7 nitrogen and oxygen atoms in total. The number of carbonyl (C=O) groups excluding carboxylic acids is 1. The summed E-state index contributed by atoms with van der Waals surface area (Å²) in [6.45, 7) is 5.37. The lowest BCUT2D eigenvalue weighted by atomic mass is 9.92. The topological polar surface area (TPSA) is 99.1 Å². The Morgan fingerprint density at radius 2 is 2.32 bits per heavy atom. The standard InChI is InChI=1S/C15H22N6O/c1-10-5-7-21(13(22)4-6-16)8-12(10)20(3)15-11(2)14(17)18-9-19-15/h9-10,12H,4-5,7-8H2,1-3H3,(H2,17,18,19)/t10-,12+/m1/s1. The van der Waals surface area contributed by atoms with Crippen LogP contribution >= 0.6 is 0 Å². The van der Waals surface area contributed by atoms with Crippen LogP contribution in [0.1, 0.15) is 25.3 Å². The minimum atomic E-state index is -0.105. The third-order valence-electron chi connectivity index (χ3n) is 4.43. The molecule has 22 heavy (non-hydrogen) atoms. The molecule has 118 valence electrons. The minimum absolute atomic E-state index is 0.0652. The van der Waals surface area contributed by atoms with Crippen molar-refractivity contribution in [2.75, 3.05) is 30.8 Å². The molecule has 1 amide bonds. The zero-order chi connectivity index (χ0) is 16.3. The first kappa shape index (κ1) is 16.0. The van der Waals surface area contributed by atoms with Gasteiger partial charge in [0.15, 0.2) is 0 Å². The molecule has 2 N–H and O–H groups in total. The van der Waals surface area contributed by atoms with E-state index in [0.717, 1.165) is 17.8 Å². The molecule has 1 aromatic heterocycles. The van der Waals surface area contributed by atoms with E-state index in [1.807, 2.05) is 20.0 Å². The fourth-order valence-electron chi connectivity index (χ4n) is 2.93. The molecule has 0 aromatic carbocycles. The van der Waals surface area contributed by atoms with Crippen LogP contribution in [0, 0.1) is 24.2 Å². The van der Waals surface area contributed by atoms with E-state index in [2.05, 4.69) is 21.8 Å². The molecule has 1 aliphatic heterocycles. The molecule has 7 heteroatoms. The first-order chi connectivity index (χ1) is 10.5. The van der Waals surface area contributed by atoms with E-state index in [9.17, 15) is 4.79 Å². The third-order valence-corrected chi connectivity index (χ3v) is 4.43. The summed E-state index contributed by atoms with van der Waals surface area (Å²) in [5, 5.41) is 8.70. The van der Waals surface area contributed by atoms with E-state index in [0.29, 0.717) is 24.8 Å². The highest BCUT2D eigenvalue weighted by atomic mass is 16.2. The zero-order valence-electron chi connectivity index (χ0n) is 13.3. The minimum Gasteiger partial charge on any atom is -0.383 e. The number of nitriles is 1. The van der Waals surface area contributed by atoms with Gasteiger partial charge in [-0.3, -0.25) is 4.79 Å². The van der Waals surface area contributed by atoms with Gasteiger partial charge in [0, 0.05) is 25.7 Å². The van der Waals surface area contributed by atoms with Crippen molar-refractivity contribution in [3.63, 3.8) is 0 Å². The van der Waals surface area contributed by atoms with Crippen molar-refractivity contribution in [1.29, 1.82) is 5.26 Å². The van der Waals surface area contributed by atoms with Crippen LogP contribution in [0.4, 0.5) is 11.6 Å². The quantitative estimate of drug-likeness (QED) is 0.892.